The minimum atomic E-state index is -4.67. The van der Waals surface area contributed by atoms with Gasteiger partial charge in [0.1, 0.15) is 18.1 Å². The summed E-state index contributed by atoms with van der Waals surface area (Å²) in [5.41, 5.74) is 1.95. The van der Waals surface area contributed by atoms with E-state index in [0.717, 1.165) is 43.1 Å². The summed E-state index contributed by atoms with van der Waals surface area (Å²) in [4.78, 5) is 14.4. The molecule has 7 nitrogen and oxygen atoms in total. The van der Waals surface area contributed by atoms with E-state index in [1.165, 1.54) is 12.1 Å². The number of likely N-dealkylation sites (tertiary alicyclic amines) is 1. The van der Waals surface area contributed by atoms with Gasteiger partial charge < -0.3 is 24.3 Å². The number of fused-ring (bicyclic) bond motifs is 1. The summed E-state index contributed by atoms with van der Waals surface area (Å²) >= 11 is 0. The van der Waals surface area contributed by atoms with Gasteiger partial charge in [-0.2, -0.15) is 0 Å². The maximum absolute atomic E-state index is 12.3. The van der Waals surface area contributed by atoms with E-state index in [4.69, 9.17) is 14.2 Å². The fourth-order valence-electron chi connectivity index (χ4n) is 5.08. The summed E-state index contributed by atoms with van der Waals surface area (Å²) in [6, 6.07) is 14.2. The van der Waals surface area contributed by atoms with E-state index in [2.05, 4.69) is 15.0 Å². The van der Waals surface area contributed by atoms with Gasteiger partial charge >= 0.3 is 12.3 Å². The van der Waals surface area contributed by atoms with Gasteiger partial charge in [-0.3, -0.25) is 4.90 Å². The summed E-state index contributed by atoms with van der Waals surface area (Å²) in [5.74, 6) is 1.42. The second-order valence-corrected chi connectivity index (χ2v) is 9.59. The second kappa shape index (κ2) is 12.8. The van der Waals surface area contributed by atoms with E-state index in [1.807, 2.05) is 31.2 Å². The topological polar surface area (TPSA) is 69.3 Å². The van der Waals surface area contributed by atoms with Crippen molar-refractivity contribution in [1.82, 2.24) is 10.2 Å². The number of piperidine rings is 1. The van der Waals surface area contributed by atoms with Crippen LogP contribution in [-0.2, 0) is 27.2 Å². The molecule has 10 heteroatoms. The molecule has 1 heterocycles. The van der Waals surface area contributed by atoms with Crippen LogP contribution in [0.2, 0.25) is 0 Å². The summed E-state index contributed by atoms with van der Waals surface area (Å²) in [6.07, 6.45) is -4.83. The highest BCUT2D eigenvalue weighted by Gasteiger charge is 2.55. The number of rotatable bonds is 14. The number of hydrogen-bond donors (Lipinski definition) is 1. The molecule has 2 aliphatic rings. The summed E-state index contributed by atoms with van der Waals surface area (Å²) < 4.78 is 57.3. The largest absolute Gasteiger partial charge is 0.573 e. The molecular weight excluding hydrogens is 501 g/mol. The molecule has 208 valence electrons. The lowest BCUT2D eigenvalue weighted by atomic mass is 10.1. The second-order valence-electron chi connectivity index (χ2n) is 9.59. The quantitative estimate of drug-likeness (QED) is 0.287. The number of esters is 1. The first-order valence-electron chi connectivity index (χ1n) is 13.1. The molecular formula is C28H35F3N2O5. The highest BCUT2D eigenvalue weighted by Crippen LogP contribution is 2.45. The minimum absolute atomic E-state index is 0.197. The molecule has 0 spiro atoms. The third-order valence-electron chi connectivity index (χ3n) is 6.85. The number of benzene rings is 2. The first kappa shape index (κ1) is 28.2. The van der Waals surface area contributed by atoms with Crippen LogP contribution in [-0.4, -0.2) is 68.8 Å². The Morgan fingerprint density at radius 3 is 2.21 bits per heavy atom. The Morgan fingerprint density at radius 2 is 1.61 bits per heavy atom. The van der Waals surface area contributed by atoms with Gasteiger partial charge in [-0.1, -0.05) is 24.3 Å². The molecule has 0 radical (unpaired) electrons. The zero-order valence-corrected chi connectivity index (χ0v) is 21.7. The van der Waals surface area contributed by atoms with Gasteiger partial charge in [0.25, 0.3) is 0 Å². The Balaban J connectivity index is 1.11. The average Bonchev–Trinajstić information content (AvgIpc) is 3.32. The lowest BCUT2D eigenvalue weighted by molar-refractivity contribution is -0.274. The van der Waals surface area contributed by atoms with E-state index >= 15 is 0 Å². The van der Waals surface area contributed by atoms with Crippen LogP contribution < -0.4 is 14.8 Å². The summed E-state index contributed by atoms with van der Waals surface area (Å²) in [6.45, 7) is 8.35. The van der Waals surface area contributed by atoms with Crippen molar-refractivity contribution >= 4 is 5.97 Å². The molecule has 2 aromatic rings. The van der Waals surface area contributed by atoms with Crippen LogP contribution in [0.1, 0.15) is 25.0 Å². The maximum atomic E-state index is 12.3. The Bertz CT molecular complexity index is 1020. The predicted octanol–water partition coefficient (Wildman–Crippen LogP) is 4.19. The van der Waals surface area contributed by atoms with Gasteiger partial charge in [0.2, 0.25) is 0 Å². The van der Waals surface area contributed by atoms with Crippen molar-refractivity contribution in [3.63, 3.8) is 0 Å². The summed E-state index contributed by atoms with van der Waals surface area (Å²) in [7, 11) is 0. The molecule has 1 N–H and O–H groups in total. The monoisotopic (exact) mass is 536 g/mol. The number of hydrogen-bond acceptors (Lipinski definition) is 7. The van der Waals surface area contributed by atoms with Gasteiger partial charge in [0.05, 0.1) is 6.61 Å². The van der Waals surface area contributed by atoms with Crippen LogP contribution in [0, 0.1) is 11.8 Å². The molecule has 0 aromatic heterocycles. The van der Waals surface area contributed by atoms with Gasteiger partial charge in [-0.25, -0.2) is 4.79 Å². The third-order valence-corrected chi connectivity index (χ3v) is 6.85. The number of ether oxygens (including phenoxy) is 4. The van der Waals surface area contributed by atoms with Crippen LogP contribution in [0.3, 0.4) is 0 Å². The van der Waals surface area contributed by atoms with Crippen LogP contribution in [0.25, 0.3) is 0 Å². The lowest BCUT2D eigenvalue weighted by Gasteiger charge is -2.20. The SMILES string of the molecule is CCOC(=O)[C@@H](Cc1ccc(OCCNC2[C@H]3CN(Cc4ccc(OC(F)(F)F)cc4)C[C@@H]23)cc1)OCC. The van der Waals surface area contributed by atoms with Gasteiger partial charge in [-0.15, -0.1) is 13.2 Å². The van der Waals surface area contributed by atoms with Crippen molar-refractivity contribution in [2.75, 3.05) is 39.5 Å². The number of carbonyl (C=O) groups is 1. The van der Waals surface area contributed by atoms with Crippen LogP contribution in [0.5, 0.6) is 11.5 Å². The van der Waals surface area contributed by atoms with E-state index in [0.29, 0.717) is 44.1 Å². The van der Waals surface area contributed by atoms with Crippen molar-refractivity contribution in [3.05, 3.63) is 59.7 Å². The number of nitrogens with one attached hydrogen (secondary N) is 1. The van der Waals surface area contributed by atoms with E-state index in [-0.39, 0.29) is 11.7 Å². The third kappa shape index (κ3) is 8.09. The molecule has 4 rings (SSSR count). The first-order chi connectivity index (χ1) is 18.3. The van der Waals surface area contributed by atoms with Crippen molar-refractivity contribution in [2.24, 2.45) is 11.8 Å². The molecule has 38 heavy (non-hydrogen) atoms. The van der Waals surface area contributed by atoms with Crippen molar-refractivity contribution in [1.29, 1.82) is 0 Å². The Hall–Kier alpha value is -2.82. The zero-order chi connectivity index (χ0) is 27.1. The molecule has 2 fully saturated rings. The Morgan fingerprint density at radius 1 is 0.974 bits per heavy atom. The molecule has 4 atom stereocenters. The van der Waals surface area contributed by atoms with Gasteiger partial charge in [0, 0.05) is 45.2 Å². The van der Waals surface area contributed by atoms with E-state index in [9.17, 15) is 18.0 Å². The molecule has 2 aromatic carbocycles. The molecule has 0 bridgehead atoms. The lowest BCUT2D eigenvalue weighted by Crippen LogP contribution is -2.33. The zero-order valence-electron chi connectivity index (χ0n) is 21.7. The molecule has 0 amide bonds. The number of alkyl halides is 3. The number of nitrogens with zero attached hydrogens (tertiary/aromatic N) is 1. The van der Waals surface area contributed by atoms with Crippen LogP contribution in [0.15, 0.2) is 48.5 Å². The molecule has 1 unspecified atom stereocenters. The van der Waals surface area contributed by atoms with Crippen molar-refractivity contribution < 1.29 is 36.9 Å². The minimum Gasteiger partial charge on any atom is -0.492 e. The van der Waals surface area contributed by atoms with E-state index in [1.54, 1.807) is 19.1 Å². The van der Waals surface area contributed by atoms with Crippen molar-refractivity contribution in [2.45, 2.75) is 45.3 Å². The fourth-order valence-corrected chi connectivity index (χ4v) is 5.08. The van der Waals surface area contributed by atoms with Crippen LogP contribution in [0.4, 0.5) is 13.2 Å². The Labute approximate surface area is 221 Å². The fraction of sp³-hybridized carbons (Fsp3) is 0.536. The first-order valence-corrected chi connectivity index (χ1v) is 13.1. The normalized spacial score (nSPS) is 21.6. The van der Waals surface area contributed by atoms with E-state index < -0.39 is 12.5 Å². The van der Waals surface area contributed by atoms with Crippen LogP contribution >= 0.6 is 0 Å². The number of carbonyl (C=O) groups excluding carboxylic acids is 1. The standard InChI is InChI=1S/C28H35F3N2O5/c1-3-35-25(27(34)36-4-2)15-19-5-9-21(10-6-19)37-14-13-32-26-23-17-33(18-24(23)26)16-20-7-11-22(12-8-20)38-28(29,30)31/h5-12,23-26,32H,3-4,13-18H2,1-2H3/t23-,24+,25-,26?/m1/s1. The smallest absolute Gasteiger partial charge is 0.492 e. The average molecular weight is 537 g/mol. The molecule has 1 saturated heterocycles. The maximum Gasteiger partial charge on any atom is 0.573 e. The highest BCUT2D eigenvalue weighted by molar-refractivity contribution is 5.75. The van der Waals surface area contributed by atoms with Gasteiger partial charge in [0.15, 0.2) is 6.10 Å². The van der Waals surface area contributed by atoms with Crippen molar-refractivity contribution in [3.8, 4) is 11.5 Å². The van der Waals surface area contributed by atoms with Gasteiger partial charge in [-0.05, 0) is 61.1 Å². The molecule has 1 saturated carbocycles. The summed E-state index contributed by atoms with van der Waals surface area (Å²) in [5, 5.41) is 3.58. The molecule has 1 aliphatic heterocycles. The highest BCUT2D eigenvalue weighted by atomic mass is 19.4. The predicted molar refractivity (Wildman–Crippen MR) is 135 cm³/mol. The number of halogens is 3. The Kier molecular flexibility index (Phi) is 9.51. The molecule has 1 aliphatic carbocycles.